The number of fused-ring (bicyclic) bond motifs is 3. The molecular weight excluding hydrogens is 434 g/mol. The van der Waals surface area contributed by atoms with Gasteiger partial charge >= 0.3 is 0 Å². The molecule has 0 aliphatic carbocycles. The fourth-order valence-electron chi connectivity index (χ4n) is 3.96. The number of aromatic nitrogens is 4. The quantitative estimate of drug-likeness (QED) is 0.398. The molecular formula is C25H21N5O2S. The van der Waals surface area contributed by atoms with Crippen molar-refractivity contribution in [3.8, 4) is 5.69 Å². The van der Waals surface area contributed by atoms with Crippen molar-refractivity contribution in [1.29, 1.82) is 0 Å². The van der Waals surface area contributed by atoms with Crippen molar-refractivity contribution < 1.29 is 4.79 Å². The van der Waals surface area contributed by atoms with Crippen LogP contribution in [0.3, 0.4) is 0 Å². The Hall–Kier alpha value is -3.91. The highest BCUT2D eigenvalue weighted by Gasteiger charge is 2.18. The molecule has 33 heavy (non-hydrogen) atoms. The summed E-state index contributed by atoms with van der Waals surface area (Å²) < 4.78 is 3.38. The zero-order valence-corrected chi connectivity index (χ0v) is 19.0. The van der Waals surface area contributed by atoms with Crippen LogP contribution in [-0.2, 0) is 4.79 Å². The molecule has 0 spiro atoms. The van der Waals surface area contributed by atoms with Crippen LogP contribution in [0.4, 0.5) is 5.69 Å². The van der Waals surface area contributed by atoms with Crippen LogP contribution in [0, 0.1) is 13.8 Å². The molecule has 0 aliphatic rings. The van der Waals surface area contributed by atoms with Crippen LogP contribution >= 0.6 is 11.8 Å². The molecule has 0 bridgehead atoms. The van der Waals surface area contributed by atoms with Crippen molar-refractivity contribution in [3.05, 3.63) is 94.3 Å². The molecule has 0 saturated heterocycles. The number of para-hydroxylation sites is 2. The fraction of sp³-hybridized carbons (Fsp3) is 0.120. The largest absolute Gasteiger partial charge is 0.325 e. The lowest BCUT2D eigenvalue weighted by molar-refractivity contribution is -0.113. The van der Waals surface area contributed by atoms with Crippen molar-refractivity contribution in [1.82, 2.24) is 19.2 Å². The number of hydrogen-bond donors (Lipinski definition) is 1. The van der Waals surface area contributed by atoms with Gasteiger partial charge in [0.1, 0.15) is 0 Å². The molecule has 0 aliphatic heterocycles. The number of aryl methyl sites for hydroxylation is 2. The highest BCUT2D eigenvalue weighted by atomic mass is 32.2. The van der Waals surface area contributed by atoms with Gasteiger partial charge in [-0.3, -0.25) is 14.0 Å². The first kappa shape index (κ1) is 21.0. The lowest BCUT2D eigenvalue weighted by Crippen LogP contribution is -2.21. The Morgan fingerprint density at radius 2 is 1.64 bits per heavy atom. The van der Waals surface area contributed by atoms with Crippen molar-refractivity contribution in [3.63, 3.8) is 0 Å². The standard InChI is InChI=1S/C25H21N5O2S/c1-16-12-17(2)14-18(13-16)26-22(31)15-33-25-28-27-24-29(19-8-4-3-5-9-19)23(32)20-10-6-7-11-21(20)30(24)25/h3-14H,15H2,1-2H3,(H,26,31). The number of nitrogens with zero attached hydrogens (tertiary/aromatic N) is 4. The second-order valence-corrected chi connectivity index (χ2v) is 8.77. The molecule has 0 radical (unpaired) electrons. The van der Waals surface area contributed by atoms with Gasteiger partial charge in [-0.05, 0) is 61.4 Å². The maximum atomic E-state index is 13.3. The van der Waals surface area contributed by atoms with Crippen LogP contribution in [0.5, 0.6) is 0 Å². The summed E-state index contributed by atoms with van der Waals surface area (Å²) >= 11 is 1.28. The normalized spacial score (nSPS) is 11.2. The Balaban J connectivity index is 1.53. The predicted molar refractivity (Wildman–Crippen MR) is 131 cm³/mol. The summed E-state index contributed by atoms with van der Waals surface area (Å²) in [4.78, 5) is 25.9. The van der Waals surface area contributed by atoms with Crippen molar-refractivity contribution in [2.75, 3.05) is 11.1 Å². The van der Waals surface area contributed by atoms with Crippen molar-refractivity contribution in [2.45, 2.75) is 19.0 Å². The number of nitrogens with one attached hydrogen (secondary N) is 1. The van der Waals surface area contributed by atoms with Gasteiger partial charge in [0.25, 0.3) is 5.56 Å². The number of carbonyl (C=O) groups excluding carboxylic acids is 1. The van der Waals surface area contributed by atoms with Crippen molar-refractivity contribution in [2.24, 2.45) is 0 Å². The second kappa shape index (κ2) is 8.55. The van der Waals surface area contributed by atoms with Crippen LogP contribution in [-0.4, -0.2) is 30.8 Å². The summed E-state index contributed by atoms with van der Waals surface area (Å²) in [6, 6.07) is 22.6. The number of benzene rings is 3. The van der Waals surface area contributed by atoms with E-state index in [-0.39, 0.29) is 17.2 Å². The molecule has 3 aromatic carbocycles. The van der Waals surface area contributed by atoms with E-state index in [2.05, 4.69) is 21.6 Å². The average molecular weight is 456 g/mol. The van der Waals surface area contributed by atoms with Gasteiger partial charge in [-0.25, -0.2) is 4.57 Å². The van der Waals surface area contributed by atoms with Gasteiger partial charge in [-0.15, -0.1) is 10.2 Å². The summed E-state index contributed by atoms with van der Waals surface area (Å²) in [5.41, 5.74) is 4.19. The molecule has 7 nitrogen and oxygen atoms in total. The van der Waals surface area contributed by atoms with E-state index in [1.807, 2.05) is 78.9 Å². The van der Waals surface area contributed by atoms with Gasteiger partial charge in [-0.1, -0.05) is 48.2 Å². The van der Waals surface area contributed by atoms with E-state index in [1.54, 1.807) is 10.6 Å². The zero-order valence-electron chi connectivity index (χ0n) is 18.1. The molecule has 1 N–H and O–H groups in total. The number of amides is 1. The highest BCUT2D eigenvalue weighted by molar-refractivity contribution is 7.99. The minimum absolute atomic E-state index is 0.137. The third kappa shape index (κ3) is 4.01. The number of carbonyl (C=O) groups is 1. The minimum Gasteiger partial charge on any atom is -0.325 e. The fourth-order valence-corrected chi connectivity index (χ4v) is 4.70. The number of anilines is 1. The van der Waals surface area contributed by atoms with Crippen LogP contribution in [0.2, 0.25) is 0 Å². The SMILES string of the molecule is Cc1cc(C)cc(NC(=O)CSc2nnc3n(-c4ccccc4)c(=O)c4ccccc4n23)c1. The van der Waals surface area contributed by atoms with Gasteiger partial charge in [-0.2, -0.15) is 0 Å². The van der Waals surface area contributed by atoms with E-state index in [9.17, 15) is 9.59 Å². The van der Waals surface area contributed by atoms with Gasteiger partial charge in [0.15, 0.2) is 5.16 Å². The Bertz CT molecular complexity index is 1540. The molecule has 164 valence electrons. The summed E-state index contributed by atoms with van der Waals surface area (Å²) in [6.45, 7) is 3.99. The lowest BCUT2D eigenvalue weighted by atomic mass is 10.1. The third-order valence-corrected chi connectivity index (χ3v) is 6.18. The first-order valence-corrected chi connectivity index (χ1v) is 11.4. The van der Waals surface area contributed by atoms with E-state index in [0.717, 1.165) is 16.8 Å². The first-order valence-electron chi connectivity index (χ1n) is 10.5. The third-order valence-electron chi connectivity index (χ3n) is 5.25. The lowest BCUT2D eigenvalue weighted by Gasteiger charge is -2.11. The molecule has 0 atom stereocenters. The number of rotatable bonds is 5. The van der Waals surface area contributed by atoms with Gasteiger partial charge in [0.05, 0.1) is 22.3 Å². The topological polar surface area (TPSA) is 81.3 Å². The number of thioether (sulfide) groups is 1. The van der Waals surface area contributed by atoms with Crippen LogP contribution in [0.15, 0.2) is 82.7 Å². The zero-order chi connectivity index (χ0) is 22.9. The Morgan fingerprint density at radius 3 is 2.39 bits per heavy atom. The van der Waals surface area contributed by atoms with E-state index < -0.39 is 0 Å². The van der Waals surface area contributed by atoms with Crippen LogP contribution in [0.1, 0.15) is 11.1 Å². The molecule has 8 heteroatoms. The van der Waals surface area contributed by atoms with Crippen LogP contribution in [0.25, 0.3) is 22.4 Å². The molecule has 0 saturated carbocycles. The summed E-state index contributed by atoms with van der Waals surface area (Å²) in [5, 5.41) is 12.7. The molecule has 0 unspecified atom stereocenters. The maximum Gasteiger partial charge on any atom is 0.267 e. The highest BCUT2D eigenvalue weighted by Crippen LogP contribution is 2.23. The summed E-state index contributed by atoms with van der Waals surface area (Å²) in [5.74, 6) is 0.427. The van der Waals surface area contributed by atoms with E-state index in [4.69, 9.17) is 0 Å². The predicted octanol–water partition coefficient (Wildman–Crippen LogP) is 4.38. The molecule has 5 rings (SSSR count). The smallest absolute Gasteiger partial charge is 0.267 e. The summed E-state index contributed by atoms with van der Waals surface area (Å²) in [6.07, 6.45) is 0. The Kier molecular flexibility index (Phi) is 5.43. The Morgan fingerprint density at radius 1 is 0.939 bits per heavy atom. The van der Waals surface area contributed by atoms with Gasteiger partial charge in [0, 0.05) is 5.69 Å². The van der Waals surface area contributed by atoms with Gasteiger partial charge < -0.3 is 5.32 Å². The summed E-state index contributed by atoms with van der Waals surface area (Å²) in [7, 11) is 0. The monoisotopic (exact) mass is 455 g/mol. The Labute approximate surface area is 194 Å². The van der Waals surface area contributed by atoms with E-state index in [0.29, 0.717) is 27.5 Å². The molecule has 2 aromatic heterocycles. The van der Waals surface area contributed by atoms with E-state index >= 15 is 0 Å². The molecule has 0 fully saturated rings. The molecule has 1 amide bonds. The number of hydrogen-bond acceptors (Lipinski definition) is 5. The van der Waals surface area contributed by atoms with Crippen molar-refractivity contribution >= 4 is 40.0 Å². The maximum absolute atomic E-state index is 13.3. The molecule has 2 heterocycles. The minimum atomic E-state index is -0.166. The van der Waals surface area contributed by atoms with Crippen LogP contribution < -0.4 is 10.9 Å². The molecule has 5 aromatic rings. The van der Waals surface area contributed by atoms with Gasteiger partial charge in [0.2, 0.25) is 11.7 Å². The van der Waals surface area contributed by atoms with E-state index in [1.165, 1.54) is 11.8 Å². The first-order chi connectivity index (χ1) is 16.0. The second-order valence-electron chi connectivity index (χ2n) is 7.82. The average Bonchev–Trinajstić information content (AvgIpc) is 3.22.